The zero-order valence-electron chi connectivity index (χ0n) is 14.5. The quantitative estimate of drug-likeness (QED) is 0.802. The summed E-state index contributed by atoms with van der Waals surface area (Å²) in [5, 5.41) is 0. The predicted octanol–water partition coefficient (Wildman–Crippen LogP) is 3.85. The average molecular weight is 325 g/mol. The van der Waals surface area contributed by atoms with Crippen LogP contribution in [-0.2, 0) is 17.7 Å². The smallest absolute Gasteiger partial charge is 0.340 e. The van der Waals surface area contributed by atoms with Gasteiger partial charge in [-0.25, -0.2) is 4.79 Å². The standard InChI is InChI=1S/C20H23NO3/c1-4-24-20(23)16-12-21(17-6-5-7-18(22)19(16)17)11-15-9-8-13(2)10-14(15)3/h8-10,12H,4-7,11H2,1-3H3. The molecule has 0 N–H and O–H groups in total. The fourth-order valence-electron chi connectivity index (χ4n) is 3.43. The summed E-state index contributed by atoms with van der Waals surface area (Å²) >= 11 is 0. The molecule has 0 spiro atoms. The van der Waals surface area contributed by atoms with E-state index >= 15 is 0 Å². The van der Waals surface area contributed by atoms with Gasteiger partial charge in [-0.3, -0.25) is 4.79 Å². The molecule has 2 aromatic rings. The van der Waals surface area contributed by atoms with Crippen LogP contribution < -0.4 is 0 Å². The minimum Gasteiger partial charge on any atom is -0.462 e. The number of aromatic nitrogens is 1. The van der Waals surface area contributed by atoms with E-state index in [4.69, 9.17) is 4.74 Å². The van der Waals surface area contributed by atoms with E-state index in [9.17, 15) is 9.59 Å². The number of fused-ring (bicyclic) bond motifs is 1. The van der Waals surface area contributed by atoms with Gasteiger partial charge in [0.15, 0.2) is 5.78 Å². The monoisotopic (exact) mass is 325 g/mol. The van der Waals surface area contributed by atoms with E-state index in [1.165, 1.54) is 16.7 Å². The molecule has 0 fully saturated rings. The number of benzene rings is 1. The molecule has 0 aliphatic heterocycles. The molecule has 1 aliphatic carbocycles. The number of aryl methyl sites for hydroxylation is 2. The normalized spacial score (nSPS) is 13.7. The van der Waals surface area contributed by atoms with Crippen molar-refractivity contribution in [2.24, 2.45) is 0 Å². The van der Waals surface area contributed by atoms with Gasteiger partial charge in [-0.15, -0.1) is 0 Å². The van der Waals surface area contributed by atoms with Crippen LogP contribution in [0.4, 0.5) is 0 Å². The first-order valence-electron chi connectivity index (χ1n) is 8.49. The Morgan fingerprint density at radius 1 is 1.25 bits per heavy atom. The number of ether oxygens (including phenoxy) is 1. The third kappa shape index (κ3) is 3.01. The largest absolute Gasteiger partial charge is 0.462 e. The lowest BCUT2D eigenvalue weighted by molar-refractivity contribution is 0.0523. The second-order valence-electron chi connectivity index (χ2n) is 6.42. The Kier molecular flexibility index (Phi) is 4.56. The van der Waals surface area contributed by atoms with Crippen LogP contribution in [0, 0.1) is 13.8 Å². The van der Waals surface area contributed by atoms with Crippen molar-refractivity contribution in [3.05, 3.63) is 57.9 Å². The Labute approximate surface area is 142 Å². The van der Waals surface area contributed by atoms with Gasteiger partial charge in [-0.2, -0.15) is 0 Å². The second kappa shape index (κ2) is 6.63. The molecule has 1 aromatic heterocycles. The van der Waals surface area contributed by atoms with E-state index in [0.29, 0.717) is 30.7 Å². The molecule has 3 rings (SSSR count). The van der Waals surface area contributed by atoms with Crippen molar-refractivity contribution in [3.63, 3.8) is 0 Å². The highest BCUT2D eigenvalue weighted by Crippen LogP contribution is 2.28. The Balaban J connectivity index is 2.03. The van der Waals surface area contributed by atoms with Gasteiger partial charge in [0, 0.05) is 24.9 Å². The van der Waals surface area contributed by atoms with Crippen molar-refractivity contribution in [1.82, 2.24) is 4.57 Å². The minimum atomic E-state index is -0.400. The van der Waals surface area contributed by atoms with E-state index in [1.807, 2.05) is 0 Å². The molecule has 0 saturated carbocycles. The number of Topliss-reactive ketones (excluding diaryl/α,β-unsaturated/α-hetero) is 1. The number of esters is 1. The average Bonchev–Trinajstić information content (AvgIpc) is 2.91. The van der Waals surface area contributed by atoms with Crippen LogP contribution in [-0.4, -0.2) is 22.9 Å². The van der Waals surface area contributed by atoms with Gasteiger partial charge < -0.3 is 9.30 Å². The highest BCUT2D eigenvalue weighted by Gasteiger charge is 2.29. The zero-order chi connectivity index (χ0) is 17.3. The SMILES string of the molecule is CCOC(=O)c1cn(Cc2ccc(C)cc2C)c2c1C(=O)CCC2. The molecule has 0 radical (unpaired) electrons. The lowest BCUT2D eigenvalue weighted by Gasteiger charge is -2.16. The zero-order valence-corrected chi connectivity index (χ0v) is 14.5. The molecule has 1 aliphatic rings. The third-order valence-electron chi connectivity index (χ3n) is 4.62. The summed E-state index contributed by atoms with van der Waals surface area (Å²) in [5.41, 5.74) is 5.61. The summed E-state index contributed by atoms with van der Waals surface area (Å²) in [4.78, 5) is 24.6. The Hall–Kier alpha value is -2.36. The van der Waals surface area contributed by atoms with Gasteiger partial charge in [0.2, 0.25) is 0 Å². The van der Waals surface area contributed by atoms with Gasteiger partial charge in [-0.05, 0) is 44.7 Å². The first kappa shape index (κ1) is 16.5. The topological polar surface area (TPSA) is 48.3 Å². The van der Waals surface area contributed by atoms with Crippen molar-refractivity contribution in [1.29, 1.82) is 0 Å². The second-order valence-corrected chi connectivity index (χ2v) is 6.42. The van der Waals surface area contributed by atoms with E-state index in [0.717, 1.165) is 18.5 Å². The number of nitrogens with zero attached hydrogens (tertiary/aromatic N) is 1. The fraction of sp³-hybridized carbons (Fsp3) is 0.400. The molecule has 0 atom stereocenters. The van der Waals surface area contributed by atoms with Gasteiger partial charge in [0.05, 0.1) is 17.7 Å². The Morgan fingerprint density at radius 3 is 2.75 bits per heavy atom. The van der Waals surface area contributed by atoms with Crippen LogP contribution in [0.1, 0.15) is 62.9 Å². The fourth-order valence-corrected chi connectivity index (χ4v) is 3.43. The van der Waals surface area contributed by atoms with Crippen LogP contribution in [0.3, 0.4) is 0 Å². The van der Waals surface area contributed by atoms with Crippen molar-refractivity contribution in [2.75, 3.05) is 6.61 Å². The maximum atomic E-state index is 12.4. The van der Waals surface area contributed by atoms with Gasteiger partial charge in [-0.1, -0.05) is 23.8 Å². The third-order valence-corrected chi connectivity index (χ3v) is 4.62. The summed E-state index contributed by atoms with van der Waals surface area (Å²) in [7, 11) is 0. The van der Waals surface area contributed by atoms with Crippen LogP contribution in [0.25, 0.3) is 0 Å². The molecule has 4 nitrogen and oxygen atoms in total. The van der Waals surface area contributed by atoms with Crippen molar-refractivity contribution in [3.8, 4) is 0 Å². The summed E-state index contributed by atoms with van der Waals surface area (Å²) in [6.07, 6.45) is 3.97. The highest BCUT2D eigenvalue weighted by molar-refractivity contribution is 6.08. The summed E-state index contributed by atoms with van der Waals surface area (Å²) in [5.74, 6) is -0.345. The van der Waals surface area contributed by atoms with Crippen LogP contribution in [0.5, 0.6) is 0 Å². The molecule has 0 saturated heterocycles. The molecule has 126 valence electrons. The Bertz CT molecular complexity index is 801. The molecule has 1 aromatic carbocycles. The van der Waals surface area contributed by atoms with Gasteiger partial charge in [0.1, 0.15) is 0 Å². The van der Waals surface area contributed by atoms with Gasteiger partial charge >= 0.3 is 5.97 Å². The Morgan fingerprint density at radius 2 is 2.04 bits per heavy atom. The molecule has 0 bridgehead atoms. The number of carbonyl (C=O) groups is 2. The number of ketones is 1. The van der Waals surface area contributed by atoms with Crippen LogP contribution in [0.2, 0.25) is 0 Å². The lowest BCUT2D eigenvalue weighted by Crippen LogP contribution is -2.16. The van der Waals surface area contributed by atoms with Crippen LogP contribution in [0.15, 0.2) is 24.4 Å². The molecule has 0 amide bonds. The van der Waals surface area contributed by atoms with E-state index in [1.54, 1.807) is 13.1 Å². The molecular weight excluding hydrogens is 302 g/mol. The molecular formula is C20H23NO3. The number of carbonyl (C=O) groups excluding carboxylic acids is 2. The number of hydrogen-bond donors (Lipinski definition) is 0. The van der Waals surface area contributed by atoms with Crippen molar-refractivity contribution in [2.45, 2.75) is 46.6 Å². The molecule has 24 heavy (non-hydrogen) atoms. The van der Waals surface area contributed by atoms with E-state index in [-0.39, 0.29) is 5.78 Å². The number of hydrogen-bond acceptors (Lipinski definition) is 3. The molecule has 1 heterocycles. The summed E-state index contributed by atoms with van der Waals surface area (Å²) in [6, 6.07) is 6.37. The first-order chi connectivity index (χ1) is 11.5. The lowest BCUT2D eigenvalue weighted by atomic mass is 9.93. The van der Waals surface area contributed by atoms with Crippen LogP contribution >= 0.6 is 0 Å². The molecule has 0 unspecified atom stereocenters. The van der Waals surface area contributed by atoms with E-state index in [2.05, 4.69) is 36.6 Å². The van der Waals surface area contributed by atoms with Crippen molar-refractivity contribution < 1.29 is 14.3 Å². The number of rotatable bonds is 4. The summed E-state index contributed by atoms with van der Waals surface area (Å²) < 4.78 is 7.19. The van der Waals surface area contributed by atoms with E-state index < -0.39 is 5.97 Å². The van der Waals surface area contributed by atoms with Gasteiger partial charge in [0.25, 0.3) is 0 Å². The maximum Gasteiger partial charge on any atom is 0.340 e. The first-order valence-corrected chi connectivity index (χ1v) is 8.49. The molecule has 4 heteroatoms. The maximum absolute atomic E-state index is 12.4. The van der Waals surface area contributed by atoms with Crippen molar-refractivity contribution >= 4 is 11.8 Å². The highest BCUT2D eigenvalue weighted by atomic mass is 16.5. The summed E-state index contributed by atoms with van der Waals surface area (Å²) in [6.45, 7) is 6.92. The minimum absolute atomic E-state index is 0.0543. The predicted molar refractivity (Wildman–Crippen MR) is 92.7 cm³/mol.